The van der Waals surface area contributed by atoms with Gasteiger partial charge in [-0.2, -0.15) is 0 Å². The molecule has 106 valence electrons. The van der Waals surface area contributed by atoms with E-state index in [-0.39, 0.29) is 0 Å². The summed E-state index contributed by atoms with van der Waals surface area (Å²) in [6, 6.07) is 0.699. The third kappa shape index (κ3) is 2.99. The van der Waals surface area contributed by atoms with Crippen LogP contribution < -0.4 is 5.32 Å². The van der Waals surface area contributed by atoms with E-state index in [0.29, 0.717) is 12.0 Å². The number of aromatic nitrogens is 3. The molecule has 0 aromatic carbocycles. The molecule has 3 rings (SSSR count). The van der Waals surface area contributed by atoms with Gasteiger partial charge in [-0.25, -0.2) is 0 Å². The second kappa shape index (κ2) is 5.61. The van der Waals surface area contributed by atoms with Crippen LogP contribution in [0.3, 0.4) is 0 Å². The van der Waals surface area contributed by atoms with Crippen LogP contribution in [0.1, 0.15) is 57.7 Å². The number of rotatable bonds is 5. The Kier molecular flexibility index (Phi) is 3.87. The first-order valence-electron chi connectivity index (χ1n) is 7.87. The van der Waals surface area contributed by atoms with Gasteiger partial charge in [0.2, 0.25) is 0 Å². The van der Waals surface area contributed by atoms with Gasteiger partial charge < -0.3 is 9.88 Å². The average molecular weight is 262 g/mol. The van der Waals surface area contributed by atoms with E-state index in [1.54, 1.807) is 0 Å². The Labute approximate surface area is 116 Å². The lowest BCUT2D eigenvalue weighted by atomic mass is 9.78. The fourth-order valence-corrected chi connectivity index (χ4v) is 3.33. The second-order valence-electron chi connectivity index (χ2n) is 6.48. The first-order valence-corrected chi connectivity index (χ1v) is 7.87. The zero-order chi connectivity index (χ0) is 13.2. The molecule has 1 aromatic rings. The lowest BCUT2D eigenvalue weighted by Gasteiger charge is -2.34. The predicted octanol–water partition coefficient (Wildman–Crippen LogP) is 2.57. The third-order valence-electron chi connectivity index (χ3n) is 5.05. The molecule has 0 unspecified atom stereocenters. The molecular formula is C15H26N4. The maximum absolute atomic E-state index is 4.26. The Hall–Kier alpha value is -0.900. The van der Waals surface area contributed by atoms with Crippen molar-refractivity contribution in [3.63, 3.8) is 0 Å². The van der Waals surface area contributed by atoms with Gasteiger partial charge in [-0.3, -0.25) is 0 Å². The number of hydrogen-bond acceptors (Lipinski definition) is 3. The summed E-state index contributed by atoms with van der Waals surface area (Å²) in [4.78, 5) is 0. The molecule has 1 heterocycles. The average Bonchev–Trinajstić information content (AvgIpc) is 3.15. The summed E-state index contributed by atoms with van der Waals surface area (Å²) in [5.41, 5.74) is 0. The highest BCUT2D eigenvalue weighted by Crippen LogP contribution is 2.38. The molecule has 2 saturated carbocycles. The van der Waals surface area contributed by atoms with Crippen LogP contribution in [0.4, 0.5) is 0 Å². The smallest absolute Gasteiger partial charge is 0.135 e. The van der Waals surface area contributed by atoms with E-state index in [1.807, 2.05) is 6.33 Å². The first kappa shape index (κ1) is 13.1. The van der Waals surface area contributed by atoms with Gasteiger partial charge in [-0.05, 0) is 31.1 Å². The molecule has 1 aromatic heterocycles. The molecule has 4 nitrogen and oxygen atoms in total. The van der Waals surface area contributed by atoms with Crippen LogP contribution >= 0.6 is 0 Å². The molecule has 0 aliphatic heterocycles. The summed E-state index contributed by atoms with van der Waals surface area (Å²) in [6.45, 7) is 6.84. The van der Waals surface area contributed by atoms with Crippen LogP contribution in [0.25, 0.3) is 0 Å². The van der Waals surface area contributed by atoms with Crippen molar-refractivity contribution in [3.8, 4) is 0 Å². The van der Waals surface area contributed by atoms with Gasteiger partial charge in [-0.15, -0.1) is 10.2 Å². The monoisotopic (exact) mass is 262 g/mol. The van der Waals surface area contributed by atoms with E-state index in [0.717, 1.165) is 24.9 Å². The normalized spacial score (nSPS) is 31.6. The molecule has 0 spiro atoms. The quantitative estimate of drug-likeness (QED) is 0.887. The minimum Gasteiger partial charge on any atom is -0.316 e. The van der Waals surface area contributed by atoms with Crippen LogP contribution in [-0.4, -0.2) is 27.4 Å². The SMILES string of the molecule is C[C@H]1[C@H](C)CCC[C@@H]1NCCn1cnnc1C1CC1. The zero-order valence-corrected chi connectivity index (χ0v) is 12.2. The second-order valence-corrected chi connectivity index (χ2v) is 6.48. The molecule has 1 N–H and O–H groups in total. The Balaban J connectivity index is 1.48. The van der Waals surface area contributed by atoms with Crippen molar-refractivity contribution < 1.29 is 0 Å². The van der Waals surface area contributed by atoms with Gasteiger partial charge >= 0.3 is 0 Å². The van der Waals surface area contributed by atoms with Crippen molar-refractivity contribution in [3.05, 3.63) is 12.2 Å². The van der Waals surface area contributed by atoms with Crippen LogP contribution in [0, 0.1) is 11.8 Å². The summed E-state index contributed by atoms with van der Waals surface area (Å²) >= 11 is 0. The number of nitrogens with zero attached hydrogens (tertiary/aromatic N) is 3. The van der Waals surface area contributed by atoms with E-state index >= 15 is 0 Å². The van der Waals surface area contributed by atoms with Crippen molar-refractivity contribution in [1.29, 1.82) is 0 Å². The van der Waals surface area contributed by atoms with Gasteiger partial charge in [0.1, 0.15) is 12.2 Å². The van der Waals surface area contributed by atoms with Crippen LogP contribution in [0.2, 0.25) is 0 Å². The topological polar surface area (TPSA) is 42.7 Å². The maximum atomic E-state index is 4.26. The van der Waals surface area contributed by atoms with Crippen molar-refractivity contribution in [1.82, 2.24) is 20.1 Å². The summed E-state index contributed by atoms with van der Waals surface area (Å²) in [7, 11) is 0. The molecule has 19 heavy (non-hydrogen) atoms. The van der Waals surface area contributed by atoms with Crippen LogP contribution in [0.5, 0.6) is 0 Å². The van der Waals surface area contributed by atoms with E-state index < -0.39 is 0 Å². The summed E-state index contributed by atoms with van der Waals surface area (Å²) < 4.78 is 2.24. The highest BCUT2D eigenvalue weighted by molar-refractivity contribution is 5.04. The molecular weight excluding hydrogens is 236 g/mol. The standard InChI is InChI=1S/C15H26N4/c1-11-4-3-5-14(12(11)2)16-8-9-19-10-17-18-15(19)13-6-7-13/h10-14,16H,3-9H2,1-2H3/t11-,12+,14+/m1/s1. The summed E-state index contributed by atoms with van der Waals surface area (Å²) in [5, 5.41) is 12.1. The van der Waals surface area contributed by atoms with Gasteiger partial charge in [0.25, 0.3) is 0 Å². The van der Waals surface area contributed by atoms with Crippen molar-refractivity contribution >= 4 is 0 Å². The van der Waals surface area contributed by atoms with Crippen molar-refractivity contribution in [2.24, 2.45) is 11.8 Å². The van der Waals surface area contributed by atoms with E-state index in [2.05, 4.69) is 33.9 Å². The predicted molar refractivity (Wildman–Crippen MR) is 76.0 cm³/mol. The molecule has 0 amide bonds. The lowest BCUT2D eigenvalue weighted by Crippen LogP contribution is -2.41. The Morgan fingerprint density at radius 2 is 2.11 bits per heavy atom. The molecule has 2 aliphatic rings. The minimum absolute atomic E-state index is 0.691. The third-order valence-corrected chi connectivity index (χ3v) is 5.05. The Morgan fingerprint density at radius 3 is 2.89 bits per heavy atom. The highest BCUT2D eigenvalue weighted by atomic mass is 15.3. The maximum Gasteiger partial charge on any atom is 0.135 e. The summed E-state index contributed by atoms with van der Waals surface area (Å²) in [6.07, 6.45) is 8.59. The molecule has 3 atom stereocenters. The minimum atomic E-state index is 0.691. The molecule has 4 heteroatoms. The number of nitrogens with one attached hydrogen (secondary N) is 1. The zero-order valence-electron chi connectivity index (χ0n) is 12.2. The molecule has 0 radical (unpaired) electrons. The first-order chi connectivity index (χ1) is 9.25. The fraction of sp³-hybridized carbons (Fsp3) is 0.867. The van der Waals surface area contributed by atoms with Gasteiger partial charge in [0.05, 0.1) is 0 Å². The fourth-order valence-electron chi connectivity index (χ4n) is 3.33. The molecule has 2 fully saturated rings. The van der Waals surface area contributed by atoms with E-state index in [4.69, 9.17) is 0 Å². The van der Waals surface area contributed by atoms with E-state index in [9.17, 15) is 0 Å². The van der Waals surface area contributed by atoms with Gasteiger partial charge in [0.15, 0.2) is 0 Å². The Morgan fingerprint density at radius 1 is 1.26 bits per heavy atom. The number of hydrogen-bond donors (Lipinski definition) is 1. The van der Waals surface area contributed by atoms with Crippen molar-refractivity contribution in [2.45, 2.75) is 64.5 Å². The van der Waals surface area contributed by atoms with Crippen molar-refractivity contribution in [2.75, 3.05) is 6.54 Å². The highest BCUT2D eigenvalue weighted by Gasteiger charge is 2.29. The largest absolute Gasteiger partial charge is 0.316 e. The Bertz CT molecular complexity index is 410. The van der Waals surface area contributed by atoms with Crippen LogP contribution in [0.15, 0.2) is 6.33 Å². The lowest BCUT2D eigenvalue weighted by molar-refractivity contribution is 0.206. The molecule has 0 saturated heterocycles. The summed E-state index contributed by atoms with van der Waals surface area (Å²) in [5.74, 6) is 3.56. The van der Waals surface area contributed by atoms with Gasteiger partial charge in [0, 0.05) is 25.0 Å². The molecule has 2 aliphatic carbocycles. The van der Waals surface area contributed by atoms with Crippen LogP contribution in [-0.2, 0) is 6.54 Å². The molecule has 0 bridgehead atoms. The van der Waals surface area contributed by atoms with E-state index in [1.165, 1.54) is 37.9 Å². The van der Waals surface area contributed by atoms with Gasteiger partial charge in [-0.1, -0.05) is 26.7 Å².